The van der Waals surface area contributed by atoms with Gasteiger partial charge in [-0.2, -0.15) is 0 Å². The lowest BCUT2D eigenvalue weighted by Crippen LogP contribution is -2.26. The lowest BCUT2D eigenvalue weighted by atomic mass is 10.2. The van der Waals surface area contributed by atoms with Crippen LogP contribution in [0.25, 0.3) is 0 Å². The summed E-state index contributed by atoms with van der Waals surface area (Å²) >= 11 is 3.42. The molecular weight excluding hydrogens is 230 g/mol. The Morgan fingerprint density at radius 3 is 2.77 bits per heavy atom. The third kappa shape index (κ3) is 2.71. The molecular formula is C10H14BrNO. The van der Waals surface area contributed by atoms with Crippen LogP contribution in [0, 0.1) is 0 Å². The first-order chi connectivity index (χ1) is 6.15. The molecule has 0 spiro atoms. The second-order valence-corrected chi connectivity index (χ2v) is 3.90. The van der Waals surface area contributed by atoms with Crippen LogP contribution < -0.4 is 5.32 Å². The average molecular weight is 244 g/mol. The second-order valence-electron chi connectivity index (χ2n) is 3.05. The molecule has 0 aliphatic rings. The summed E-state index contributed by atoms with van der Waals surface area (Å²) in [6.07, 6.45) is 3.55. The summed E-state index contributed by atoms with van der Waals surface area (Å²) in [6.45, 7) is 7.83. The molecule has 1 aromatic heterocycles. The maximum Gasteiger partial charge on any atom is 0.134 e. The van der Waals surface area contributed by atoms with Gasteiger partial charge in [0, 0.05) is 6.04 Å². The van der Waals surface area contributed by atoms with Gasteiger partial charge in [-0.25, -0.2) is 0 Å². The fraction of sp³-hybridized carbons (Fsp3) is 0.400. The Hall–Kier alpha value is -0.540. The fourth-order valence-electron chi connectivity index (χ4n) is 1.15. The minimum absolute atomic E-state index is 0.192. The second kappa shape index (κ2) is 4.63. The zero-order valence-electron chi connectivity index (χ0n) is 7.88. The van der Waals surface area contributed by atoms with Gasteiger partial charge in [-0.3, -0.25) is 0 Å². The van der Waals surface area contributed by atoms with Crippen molar-refractivity contribution in [1.29, 1.82) is 0 Å². The van der Waals surface area contributed by atoms with Crippen molar-refractivity contribution in [1.82, 2.24) is 5.32 Å². The smallest absolute Gasteiger partial charge is 0.134 e. The highest BCUT2D eigenvalue weighted by molar-refractivity contribution is 9.10. The SMILES string of the molecule is C=CC(C)NC(C)c1occc1Br. The minimum Gasteiger partial charge on any atom is -0.466 e. The summed E-state index contributed by atoms with van der Waals surface area (Å²) in [5.41, 5.74) is 0. The third-order valence-corrected chi connectivity index (χ3v) is 2.56. The molecule has 0 bridgehead atoms. The third-order valence-electron chi connectivity index (χ3n) is 1.90. The Labute approximate surface area is 87.1 Å². The summed E-state index contributed by atoms with van der Waals surface area (Å²) in [5.74, 6) is 0.925. The van der Waals surface area contributed by atoms with Crippen molar-refractivity contribution in [3.05, 3.63) is 35.2 Å². The molecule has 0 aromatic carbocycles. The van der Waals surface area contributed by atoms with Crippen molar-refractivity contribution in [2.45, 2.75) is 25.9 Å². The topological polar surface area (TPSA) is 25.2 Å². The zero-order valence-corrected chi connectivity index (χ0v) is 9.47. The van der Waals surface area contributed by atoms with Crippen LogP contribution in [0.2, 0.25) is 0 Å². The minimum atomic E-state index is 0.192. The molecule has 0 radical (unpaired) electrons. The Morgan fingerprint density at radius 2 is 2.31 bits per heavy atom. The van der Waals surface area contributed by atoms with Crippen molar-refractivity contribution < 1.29 is 4.42 Å². The lowest BCUT2D eigenvalue weighted by Gasteiger charge is -2.15. The number of rotatable bonds is 4. The maximum absolute atomic E-state index is 5.33. The van der Waals surface area contributed by atoms with Crippen LogP contribution in [-0.4, -0.2) is 6.04 Å². The monoisotopic (exact) mass is 243 g/mol. The Kier molecular flexibility index (Phi) is 3.75. The van der Waals surface area contributed by atoms with Gasteiger partial charge in [0.1, 0.15) is 5.76 Å². The highest BCUT2D eigenvalue weighted by atomic mass is 79.9. The zero-order chi connectivity index (χ0) is 9.84. The van der Waals surface area contributed by atoms with Gasteiger partial charge in [-0.05, 0) is 35.8 Å². The predicted molar refractivity (Wildman–Crippen MR) is 57.6 cm³/mol. The molecule has 0 saturated heterocycles. The van der Waals surface area contributed by atoms with Gasteiger partial charge in [-0.15, -0.1) is 6.58 Å². The first-order valence-electron chi connectivity index (χ1n) is 4.26. The van der Waals surface area contributed by atoms with Crippen LogP contribution >= 0.6 is 15.9 Å². The number of halogens is 1. The van der Waals surface area contributed by atoms with E-state index in [1.54, 1.807) is 6.26 Å². The maximum atomic E-state index is 5.33. The molecule has 0 amide bonds. The molecule has 1 rings (SSSR count). The number of hydrogen-bond acceptors (Lipinski definition) is 2. The van der Waals surface area contributed by atoms with Gasteiger partial charge in [-0.1, -0.05) is 6.08 Å². The van der Waals surface area contributed by atoms with E-state index in [9.17, 15) is 0 Å². The molecule has 72 valence electrons. The molecule has 2 atom stereocenters. The van der Waals surface area contributed by atoms with Crippen molar-refractivity contribution in [3.63, 3.8) is 0 Å². The predicted octanol–water partition coefficient (Wildman–Crippen LogP) is 3.27. The molecule has 1 N–H and O–H groups in total. The van der Waals surface area contributed by atoms with Crippen LogP contribution in [0.1, 0.15) is 25.6 Å². The molecule has 0 saturated carbocycles. The summed E-state index contributed by atoms with van der Waals surface area (Å²) in [5, 5.41) is 3.33. The van der Waals surface area contributed by atoms with Gasteiger partial charge in [0.25, 0.3) is 0 Å². The van der Waals surface area contributed by atoms with Crippen LogP contribution in [0.3, 0.4) is 0 Å². The highest BCUT2D eigenvalue weighted by Crippen LogP contribution is 2.24. The first-order valence-corrected chi connectivity index (χ1v) is 5.06. The van der Waals surface area contributed by atoms with E-state index in [4.69, 9.17) is 4.42 Å². The summed E-state index contributed by atoms with van der Waals surface area (Å²) < 4.78 is 6.33. The van der Waals surface area contributed by atoms with Crippen LogP contribution in [-0.2, 0) is 0 Å². The van der Waals surface area contributed by atoms with Crippen molar-refractivity contribution >= 4 is 15.9 Å². The summed E-state index contributed by atoms with van der Waals surface area (Å²) in [7, 11) is 0. The van der Waals surface area contributed by atoms with Crippen LogP contribution in [0.15, 0.2) is 33.9 Å². The molecule has 0 fully saturated rings. The van der Waals surface area contributed by atoms with Gasteiger partial charge >= 0.3 is 0 Å². The largest absolute Gasteiger partial charge is 0.466 e. The average Bonchev–Trinajstić information content (AvgIpc) is 2.51. The molecule has 3 heteroatoms. The van der Waals surface area contributed by atoms with E-state index >= 15 is 0 Å². The van der Waals surface area contributed by atoms with Crippen LogP contribution in [0.5, 0.6) is 0 Å². The number of nitrogens with one attached hydrogen (secondary N) is 1. The van der Waals surface area contributed by atoms with E-state index in [0.717, 1.165) is 10.2 Å². The van der Waals surface area contributed by atoms with Crippen molar-refractivity contribution in [2.24, 2.45) is 0 Å². The Morgan fingerprint density at radius 1 is 1.62 bits per heavy atom. The molecule has 2 unspecified atom stereocenters. The first kappa shape index (κ1) is 10.5. The van der Waals surface area contributed by atoms with Crippen molar-refractivity contribution in [3.8, 4) is 0 Å². The van der Waals surface area contributed by atoms with Gasteiger partial charge in [0.05, 0.1) is 16.8 Å². The van der Waals surface area contributed by atoms with E-state index in [0.29, 0.717) is 0 Å². The van der Waals surface area contributed by atoms with Crippen LogP contribution in [0.4, 0.5) is 0 Å². The van der Waals surface area contributed by atoms with Gasteiger partial charge in [0.2, 0.25) is 0 Å². The van der Waals surface area contributed by atoms with E-state index in [1.807, 2.05) is 12.1 Å². The van der Waals surface area contributed by atoms with E-state index in [-0.39, 0.29) is 12.1 Å². The van der Waals surface area contributed by atoms with Gasteiger partial charge < -0.3 is 9.73 Å². The lowest BCUT2D eigenvalue weighted by molar-refractivity contribution is 0.417. The summed E-state index contributed by atoms with van der Waals surface area (Å²) in [6, 6.07) is 2.37. The standard InChI is InChI=1S/C10H14BrNO/c1-4-7(2)12-8(3)10-9(11)5-6-13-10/h4-8,12H,1H2,2-3H3. The molecule has 2 nitrogen and oxygen atoms in total. The quantitative estimate of drug-likeness (QED) is 0.822. The highest BCUT2D eigenvalue weighted by Gasteiger charge is 2.13. The normalized spacial score (nSPS) is 15.3. The summed E-state index contributed by atoms with van der Waals surface area (Å²) in [4.78, 5) is 0. The molecule has 0 aliphatic carbocycles. The molecule has 0 aliphatic heterocycles. The van der Waals surface area contributed by atoms with E-state index in [2.05, 4.69) is 41.7 Å². The molecule has 13 heavy (non-hydrogen) atoms. The molecule has 1 heterocycles. The molecule has 1 aromatic rings. The van der Waals surface area contributed by atoms with E-state index in [1.165, 1.54) is 0 Å². The number of hydrogen-bond donors (Lipinski definition) is 1. The van der Waals surface area contributed by atoms with Crippen molar-refractivity contribution in [2.75, 3.05) is 0 Å². The number of furan rings is 1. The van der Waals surface area contributed by atoms with Gasteiger partial charge in [0.15, 0.2) is 0 Å². The fourth-order valence-corrected chi connectivity index (χ4v) is 1.70. The van der Waals surface area contributed by atoms with E-state index < -0.39 is 0 Å². The Bertz CT molecular complexity index is 282. The Balaban J connectivity index is 2.63.